The van der Waals surface area contributed by atoms with Gasteiger partial charge in [0.05, 0.1) is 12.2 Å². The van der Waals surface area contributed by atoms with Gasteiger partial charge in [0.15, 0.2) is 0 Å². The molecule has 0 fully saturated rings. The molecule has 0 radical (unpaired) electrons. The predicted molar refractivity (Wildman–Crippen MR) is 54.7 cm³/mol. The van der Waals surface area contributed by atoms with Crippen LogP contribution in [0.25, 0.3) is 0 Å². The summed E-state index contributed by atoms with van der Waals surface area (Å²) < 4.78 is 18.3. The summed E-state index contributed by atoms with van der Waals surface area (Å²) in [6.07, 6.45) is 0.609. The van der Waals surface area contributed by atoms with Crippen molar-refractivity contribution in [1.29, 1.82) is 5.26 Å². The van der Waals surface area contributed by atoms with Crippen molar-refractivity contribution >= 4 is 0 Å². The third-order valence-electron chi connectivity index (χ3n) is 1.73. The van der Waals surface area contributed by atoms with Crippen molar-refractivity contribution in [2.24, 2.45) is 0 Å². The molecule has 0 aliphatic heterocycles. The zero-order valence-corrected chi connectivity index (χ0v) is 8.38. The lowest BCUT2D eigenvalue weighted by Gasteiger charge is -2.03. The van der Waals surface area contributed by atoms with Gasteiger partial charge in [-0.3, -0.25) is 0 Å². The second-order valence-electron chi connectivity index (χ2n) is 2.78. The van der Waals surface area contributed by atoms with Crippen LogP contribution in [0, 0.1) is 29.0 Å². The first-order valence-corrected chi connectivity index (χ1v) is 4.50. The summed E-state index contributed by atoms with van der Waals surface area (Å²) in [5.74, 6) is 5.43. The fourth-order valence-corrected chi connectivity index (χ4v) is 1.02. The Morgan fingerprint density at radius 3 is 2.87 bits per heavy atom. The number of hydrogen-bond donors (Lipinski definition) is 0. The zero-order valence-electron chi connectivity index (χ0n) is 8.38. The number of halogens is 1. The first-order chi connectivity index (χ1) is 7.27. The van der Waals surface area contributed by atoms with Crippen molar-refractivity contribution in [3.63, 3.8) is 0 Å². The minimum Gasteiger partial charge on any atom is -0.492 e. The number of rotatable bonds is 3. The summed E-state index contributed by atoms with van der Waals surface area (Å²) in [5.41, 5.74) is 0.0238. The average molecular weight is 203 g/mol. The second-order valence-corrected chi connectivity index (χ2v) is 2.78. The highest BCUT2D eigenvalue weighted by atomic mass is 19.1. The lowest BCUT2D eigenvalue weighted by atomic mass is 10.2. The third-order valence-corrected chi connectivity index (χ3v) is 1.73. The molecule has 2 nitrogen and oxygen atoms in total. The van der Waals surface area contributed by atoms with E-state index in [1.54, 1.807) is 19.1 Å². The van der Waals surface area contributed by atoms with Gasteiger partial charge in [0, 0.05) is 12.5 Å². The maximum absolute atomic E-state index is 13.1. The molecule has 0 saturated carbocycles. The minimum absolute atomic E-state index is 0.0238. The van der Waals surface area contributed by atoms with Crippen LogP contribution in [0.5, 0.6) is 5.75 Å². The maximum atomic E-state index is 13.1. The first kappa shape index (κ1) is 11.1. The summed E-state index contributed by atoms with van der Waals surface area (Å²) in [7, 11) is 0. The van der Waals surface area contributed by atoms with E-state index >= 15 is 0 Å². The Balaban J connectivity index is 2.59. The monoisotopic (exact) mass is 203 g/mol. The number of benzene rings is 1. The summed E-state index contributed by atoms with van der Waals surface area (Å²) in [6.45, 7) is 2.17. The molecule has 76 valence electrons. The van der Waals surface area contributed by atoms with Gasteiger partial charge >= 0.3 is 0 Å². The Kier molecular flexibility index (Phi) is 4.19. The molecule has 0 spiro atoms. The van der Waals surface area contributed by atoms with Crippen LogP contribution in [-0.4, -0.2) is 6.61 Å². The largest absolute Gasteiger partial charge is 0.492 e. The Morgan fingerprint density at radius 2 is 2.27 bits per heavy atom. The molecule has 0 unspecified atom stereocenters. The maximum Gasteiger partial charge on any atom is 0.144 e. The molecule has 0 bridgehead atoms. The summed E-state index contributed by atoms with van der Waals surface area (Å²) in [6, 6.07) is 5.92. The molecule has 0 aliphatic carbocycles. The lowest BCUT2D eigenvalue weighted by Crippen LogP contribution is -1.96. The first-order valence-electron chi connectivity index (χ1n) is 4.50. The molecule has 3 heteroatoms. The molecule has 0 heterocycles. The fraction of sp³-hybridized carbons (Fsp3) is 0.250. The van der Waals surface area contributed by atoms with E-state index in [-0.39, 0.29) is 5.56 Å². The van der Waals surface area contributed by atoms with Gasteiger partial charge in [-0.2, -0.15) is 5.26 Å². The molecule has 1 aromatic carbocycles. The van der Waals surface area contributed by atoms with Crippen LogP contribution in [0.1, 0.15) is 18.9 Å². The van der Waals surface area contributed by atoms with Crippen molar-refractivity contribution in [3.8, 4) is 23.7 Å². The standard InChI is InChI=1S/C12H10FNO/c1-2-3-4-7-15-11-6-5-10(9-14)12(13)8-11/h5-6,8H,4,7H2,1H3. The molecule has 1 aromatic rings. The lowest BCUT2D eigenvalue weighted by molar-refractivity contribution is 0.325. The smallest absolute Gasteiger partial charge is 0.144 e. The number of nitrogens with zero attached hydrogens (tertiary/aromatic N) is 1. The van der Waals surface area contributed by atoms with E-state index in [1.165, 1.54) is 12.1 Å². The molecule has 0 aromatic heterocycles. The Hall–Kier alpha value is -2.00. The van der Waals surface area contributed by atoms with Crippen molar-refractivity contribution in [2.45, 2.75) is 13.3 Å². The fourth-order valence-electron chi connectivity index (χ4n) is 1.02. The highest BCUT2D eigenvalue weighted by Crippen LogP contribution is 2.15. The third kappa shape index (κ3) is 3.32. The molecule has 15 heavy (non-hydrogen) atoms. The van der Waals surface area contributed by atoms with E-state index in [0.717, 1.165) is 0 Å². The second kappa shape index (κ2) is 5.67. The summed E-state index contributed by atoms with van der Waals surface area (Å²) in [4.78, 5) is 0. The van der Waals surface area contributed by atoms with Gasteiger partial charge < -0.3 is 4.74 Å². The van der Waals surface area contributed by atoms with Crippen LogP contribution >= 0.6 is 0 Å². The van der Waals surface area contributed by atoms with Gasteiger partial charge in [0.2, 0.25) is 0 Å². The Bertz CT molecular complexity index is 437. The average Bonchev–Trinajstić information content (AvgIpc) is 2.25. The van der Waals surface area contributed by atoms with Crippen LogP contribution in [0.3, 0.4) is 0 Å². The topological polar surface area (TPSA) is 33.0 Å². The van der Waals surface area contributed by atoms with E-state index in [9.17, 15) is 4.39 Å². The Labute approximate surface area is 88.3 Å². The summed E-state index contributed by atoms with van der Waals surface area (Å²) >= 11 is 0. The quantitative estimate of drug-likeness (QED) is 0.558. The molecule has 0 amide bonds. The van der Waals surface area contributed by atoms with Crippen molar-refractivity contribution in [2.75, 3.05) is 6.61 Å². The van der Waals surface area contributed by atoms with Crippen molar-refractivity contribution < 1.29 is 9.13 Å². The van der Waals surface area contributed by atoms with E-state index in [0.29, 0.717) is 18.8 Å². The molecule has 0 N–H and O–H groups in total. The van der Waals surface area contributed by atoms with Crippen molar-refractivity contribution in [1.82, 2.24) is 0 Å². The van der Waals surface area contributed by atoms with Crippen LogP contribution < -0.4 is 4.74 Å². The van der Waals surface area contributed by atoms with E-state index in [2.05, 4.69) is 11.8 Å². The summed E-state index contributed by atoms with van der Waals surface area (Å²) in [5, 5.41) is 8.51. The van der Waals surface area contributed by atoms with Gasteiger partial charge in [-0.15, -0.1) is 11.8 Å². The normalized spacial score (nSPS) is 8.60. The predicted octanol–water partition coefficient (Wildman–Crippen LogP) is 2.49. The van der Waals surface area contributed by atoms with Crippen LogP contribution in [0.4, 0.5) is 4.39 Å². The SMILES string of the molecule is CC#CCCOc1ccc(C#N)c(F)c1. The number of nitriles is 1. The zero-order chi connectivity index (χ0) is 11.1. The molecular weight excluding hydrogens is 193 g/mol. The number of ether oxygens (including phenoxy) is 1. The molecule has 0 atom stereocenters. The Morgan fingerprint density at radius 1 is 1.47 bits per heavy atom. The van der Waals surface area contributed by atoms with E-state index in [4.69, 9.17) is 10.00 Å². The highest BCUT2D eigenvalue weighted by molar-refractivity contribution is 5.36. The number of hydrogen-bond acceptors (Lipinski definition) is 2. The van der Waals surface area contributed by atoms with Gasteiger partial charge in [0.25, 0.3) is 0 Å². The molecular formula is C12H10FNO. The van der Waals surface area contributed by atoms with Crippen LogP contribution in [-0.2, 0) is 0 Å². The molecule has 0 aliphatic rings. The molecule has 0 saturated heterocycles. The highest BCUT2D eigenvalue weighted by Gasteiger charge is 2.02. The van der Waals surface area contributed by atoms with Crippen LogP contribution in [0.15, 0.2) is 18.2 Å². The van der Waals surface area contributed by atoms with Gasteiger partial charge in [-0.05, 0) is 19.1 Å². The van der Waals surface area contributed by atoms with Gasteiger partial charge in [-0.1, -0.05) is 0 Å². The minimum atomic E-state index is -0.559. The van der Waals surface area contributed by atoms with E-state index in [1.807, 2.05) is 0 Å². The van der Waals surface area contributed by atoms with Gasteiger partial charge in [-0.25, -0.2) is 4.39 Å². The van der Waals surface area contributed by atoms with Crippen LogP contribution in [0.2, 0.25) is 0 Å². The van der Waals surface area contributed by atoms with Crippen molar-refractivity contribution in [3.05, 3.63) is 29.6 Å². The van der Waals surface area contributed by atoms with E-state index < -0.39 is 5.82 Å². The molecule has 1 rings (SSSR count). The van der Waals surface area contributed by atoms with Gasteiger partial charge in [0.1, 0.15) is 17.6 Å².